The van der Waals surface area contributed by atoms with E-state index in [1.807, 2.05) is 43.9 Å². The van der Waals surface area contributed by atoms with Gasteiger partial charge in [0.1, 0.15) is 11.4 Å². The maximum atomic E-state index is 13.9. The summed E-state index contributed by atoms with van der Waals surface area (Å²) in [6.07, 6.45) is 0.210. The summed E-state index contributed by atoms with van der Waals surface area (Å²) in [7, 11) is 0. The van der Waals surface area contributed by atoms with Crippen LogP contribution >= 0.6 is 11.6 Å². The number of piperidine rings is 1. The maximum absolute atomic E-state index is 13.9. The second-order valence-corrected chi connectivity index (χ2v) is 11.2. The van der Waals surface area contributed by atoms with Gasteiger partial charge in [-0.3, -0.25) is 4.79 Å². The van der Waals surface area contributed by atoms with Gasteiger partial charge in [0.15, 0.2) is 0 Å². The molecule has 2 aromatic carbocycles. The number of ether oxygens (including phenoxy) is 1. The number of halogens is 2. The van der Waals surface area contributed by atoms with Crippen LogP contribution in [0.15, 0.2) is 42.5 Å². The molecule has 6 nitrogen and oxygen atoms in total. The van der Waals surface area contributed by atoms with Crippen molar-refractivity contribution in [3.63, 3.8) is 0 Å². The number of hydrogen-bond donors (Lipinski definition) is 0. The highest BCUT2D eigenvalue weighted by Crippen LogP contribution is 2.35. The fourth-order valence-electron chi connectivity index (χ4n) is 5.13. The molecule has 0 N–H and O–H groups in total. The molecule has 0 aromatic heterocycles. The Morgan fingerprint density at radius 2 is 1.64 bits per heavy atom. The Morgan fingerprint density at radius 3 is 2.28 bits per heavy atom. The number of carbonyl (C=O) groups is 2. The quantitative estimate of drug-likeness (QED) is 0.543. The SMILES string of the molecule is Cc1ccc(Cl)cc1N1CCN(C(=O)[C@@H]2CN(C(=O)OC(C)(C)C)CC[C@H]2c2ccc(F)cc2)CC1. The van der Waals surface area contributed by atoms with E-state index < -0.39 is 17.6 Å². The number of likely N-dealkylation sites (tertiary alicyclic amines) is 1. The first kappa shape index (κ1) is 26.3. The Morgan fingerprint density at radius 1 is 0.972 bits per heavy atom. The molecule has 0 spiro atoms. The average Bonchev–Trinajstić information content (AvgIpc) is 2.84. The number of rotatable bonds is 3. The third kappa shape index (κ3) is 6.12. The van der Waals surface area contributed by atoms with Crippen LogP contribution < -0.4 is 4.90 Å². The number of nitrogens with zero attached hydrogens (tertiary/aromatic N) is 3. The van der Waals surface area contributed by atoms with Gasteiger partial charge in [0.25, 0.3) is 0 Å². The van der Waals surface area contributed by atoms with E-state index in [2.05, 4.69) is 11.8 Å². The number of carbonyl (C=O) groups excluding carboxylic acids is 2. The van der Waals surface area contributed by atoms with E-state index in [4.69, 9.17) is 16.3 Å². The van der Waals surface area contributed by atoms with Gasteiger partial charge in [0, 0.05) is 50.0 Å². The van der Waals surface area contributed by atoms with Crippen LogP contribution in [0, 0.1) is 18.7 Å². The second-order valence-electron chi connectivity index (χ2n) is 10.7. The van der Waals surface area contributed by atoms with Crippen molar-refractivity contribution in [2.75, 3.05) is 44.2 Å². The van der Waals surface area contributed by atoms with Crippen molar-refractivity contribution in [1.82, 2.24) is 9.80 Å². The first-order valence-electron chi connectivity index (χ1n) is 12.5. The van der Waals surface area contributed by atoms with E-state index in [1.54, 1.807) is 17.0 Å². The van der Waals surface area contributed by atoms with Gasteiger partial charge in [-0.15, -0.1) is 0 Å². The van der Waals surface area contributed by atoms with Crippen LogP contribution in [0.4, 0.5) is 14.9 Å². The molecule has 0 unspecified atom stereocenters. The number of anilines is 1. The average molecular weight is 516 g/mol. The van der Waals surface area contributed by atoms with Gasteiger partial charge in [0.05, 0.1) is 5.92 Å². The van der Waals surface area contributed by atoms with Crippen molar-refractivity contribution < 1.29 is 18.7 Å². The molecule has 2 aromatic rings. The summed E-state index contributed by atoms with van der Waals surface area (Å²) in [5.41, 5.74) is 2.55. The molecule has 4 rings (SSSR count). The summed E-state index contributed by atoms with van der Waals surface area (Å²) in [6.45, 7) is 10.9. The predicted octanol–water partition coefficient (Wildman–Crippen LogP) is 5.48. The highest BCUT2D eigenvalue weighted by atomic mass is 35.5. The number of aryl methyl sites for hydroxylation is 1. The molecule has 2 saturated heterocycles. The summed E-state index contributed by atoms with van der Waals surface area (Å²) in [4.78, 5) is 32.5. The monoisotopic (exact) mass is 515 g/mol. The second kappa shape index (κ2) is 10.7. The normalized spacial score (nSPS) is 20.9. The van der Waals surface area contributed by atoms with Crippen LogP contribution in [0.2, 0.25) is 5.02 Å². The molecule has 36 heavy (non-hydrogen) atoms. The minimum Gasteiger partial charge on any atom is -0.444 e. The summed E-state index contributed by atoms with van der Waals surface area (Å²) in [6, 6.07) is 12.2. The number of amides is 2. The Balaban J connectivity index is 1.50. The van der Waals surface area contributed by atoms with Gasteiger partial charge >= 0.3 is 6.09 Å². The smallest absolute Gasteiger partial charge is 0.410 e. The van der Waals surface area contributed by atoms with E-state index in [9.17, 15) is 14.0 Å². The van der Waals surface area contributed by atoms with Gasteiger partial charge in [-0.25, -0.2) is 9.18 Å². The molecule has 0 bridgehead atoms. The lowest BCUT2D eigenvalue weighted by Crippen LogP contribution is -2.55. The highest BCUT2D eigenvalue weighted by molar-refractivity contribution is 6.30. The molecule has 2 aliphatic rings. The molecule has 2 fully saturated rings. The largest absolute Gasteiger partial charge is 0.444 e. The van der Waals surface area contributed by atoms with Crippen molar-refractivity contribution in [1.29, 1.82) is 0 Å². The zero-order chi connectivity index (χ0) is 26.0. The predicted molar refractivity (Wildman–Crippen MR) is 140 cm³/mol. The standard InChI is InChI=1S/C28H35ClFN3O3/c1-19-5-8-21(29)17-25(19)31-13-15-32(16-14-31)26(34)24-18-33(27(35)36-28(2,3)4)12-11-23(24)20-6-9-22(30)10-7-20/h5-10,17,23-24H,11-16,18H2,1-4H3/t23-,24+/m0/s1. The van der Waals surface area contributed by atoms with Gasteiger partial charge < -0.3 is 19.4 Å². The Kier molecular flexibility index (Phi) is 7.79. The minimum atomic E-state index is -0.612. The van der Waals surface area contributed by atoms with Crippen LogP contribution in [-0.4, -0.2) is 66.7 Å². The zero-order valence-corrected chi connectivity index (χ0v) is 22.2. The lowest BCUT2D eigenvalue weighted by molar-refractivity contribution is -0.138. The van der Waals surface area contributed by atoms with Crippen molar-refractivity contribution >= 4 is 29.3 Å². The van der Waals surface area contributed by atoms with Crippen molar-refractivity contribution in [3.8, 4) is 0 Å². The molecule has 8 heteroatoms. The number of piperazine rings is 1. The topological polar surface area (TPSA) is 53.1 Å². The van der Waals surface area contributed by atoms with Crippen LogP contribution in [0.1, 0.15) is 44.2 Å². The third-order valence-electron chi connectivity index (χ3n) is 6.98. The van der Waals surface area contributed by atoms with Crippen LogP contribution in [0.25, 0.3) is 0 Å². The van der Waals surface area contributed by atoms with E-state index in [0.717, 1.165) is 16.8 Å². The Bertz CT molecular complexity index is 1090. The van der Waals surface area contributed by atoms with E-state index >= 15 is 0 Å². The van der Waals surface area contributed by atoms with Gasteiger partial charge in [-0.05, 0) is 75.4 Å². The van der Waals surface area contributed by atoms with E-state index in [1.165, 1.54) is 12.1 Å². The molecule has 0 saturated carbocycles. The molecule has 2 atom stereocenters. The third-order valence-corrected chi connectivity index (χ3v) is 7.22. The molecular formula is C28H35ClFN3O3. The van der Waals surface area contributed by atoms with Gasteiger partial charge in [-0.1, -0.05) is 29.8 Å². The summed E-state index contributed by atoms with van der Waals surface area (Å²) in [5, 5.41) is 0.695. The van der Waals surface area contributed by atoms with Crippen molar-refractivity contribution in [2.24, 2.45) is 5.92 Å². The van der Waals surface area contributed by atoms with Crippen LogP contribution in [0.5, 0.6) is 0 Å². The van der Waals surface area contributed by atoms with E-state index in [-0.39, 0.29) is 24.2 Å². The summed E-state index contributed by atoms with van der Waals surface area (Å²) >= 11 is 6.22. The van der Waals surface area contributed by atoms with Gasteiger partial charge in [0.2, 0.25) is 5.91 Å². The maximum Gasteiger partial charge on any atom is 0.410 e. The van der Waals surface area contributed by atoms with Crippen LogP contribution in [-0.2, 0) is 9.53 Å². The Hall–Kier alpha value is -2.80. The molecular weight excluding hydrogens is 481 g/mol. The summed E-state index contributed by atoms with van der Waals surface area (Å²) in [5.74, 6) is -0.790. The van der Waals surface area contributed by atoms with Crippen molar-refractivity contribution in [3.05, 3.63) is 64.4 Å². The summed E-state index contributed by atoms with van der Waals surface area (Å²) < 4.78 is 19.2. The first-order valence-corrected chi connectivity index (χ1v) is 12.9. The lowest BCUT2D eigenvalue weighted by atomic mass is 9.79. The number of benzene rings is 2. The van der Waals surface area contributed by atoms with Crippen molar-refractivity contribution in [2.45, 2.75) is 45.6 Å². The molecule has 0 aliphatic carbocycles. The minimum absolute atomic E-state index is 0.0278. The van der Waals surface area contributed by atoms with Crippen LogP contribution in [0.3, 0.4) is 0 Å². The Labute approximate surface area is 218 Å². The molecule has 2 aliphatic heterocycles. The molecule has 2 heterocycles. The molecule has 0 radical (unpaired) electrons. The fraction of sp³-hybridized carbons (Fsp3) is 0.500. The van der Waals surface area contributed by atoms with E-state index in [0.29, 0.717) is 44.2 Å². The fourth-order valence-corrected chi connectivity index (χ4v) is 5.30. The highest BCUT2D eigenvalue weighted by Gasteiger charge is 2.40. The molecule has 2 amide bonds. The molecule has 194 valence electrons. The zero-order valence-electron chi connectivity index (χ0n) is 21.5. The first-order chi connectivity index (χ1) is 17.0. The lowest BCUT2D eigenvalue weighted by Gasteiger charge is -2.43. The number of hydrogen-bond acceptors (Lipinski definition) is 4. The van der Waals surface area contributed by atoms with Gasteiger partial charge in [-0.2, -0.15) is 0 Å².